The third-order valence-electron chi connectivity index (χ3n) is 11.8. The van der Waals surface area contributed by atoms with Gasteiger partial charge in [0.1, 0.15) is 0 Å². The molecule has 2 fully saturated rings. The number of carbonyl (C=O) groups excluding carboxylic acids is 2. The molecule has 0 aliphatic carbocycles. The van der Waals surface area contributed by atoms with Crippen LogP contribution in [0.1, 0.15) is 55.4 Å². The molecular formula is C49H43ClF12N2O12. The minimum atomic E-state index is -5.78. The summed E-state index contributed by atoms with van der Waals surface area (Å²) in [6.45, 7) is 2.48. The predicted octanol–water partition coefficient (Wildman–Crippen LogP) is 12.5. The number of amides is 1. The lowest BCUT2D eigenvalue weighted by Crippen LogP contribution is -2.49. The highest BCUT2D eigenvalue weighted by atomic mass is 35.5. The minimum Gasteiger partial charge on any atom is -0.454 e. The van der Waals surface area contributed by atoms with Gasteiger partial charge in [-0.1, -0.05) is 42.8 Å². The van der Waals surface area contributed by atoms with Crippen molar-refractivity contribution < 1.29 is 110 Å². The first-order valence-corrected chi connectivity index (χ1v) is 22.6. The Bertz CT molecular complexity index is 2670. The molecule has 0 radical (unpaired) electrons. The molecule has 1 amide bonds. The van der Waals surface area contributed by atoms with Gasteiger partial charge in [0.15, 0.2) is 46.0 Å². The van der Waals surface area contributed by atoms with Gasteiger partial charge in [-0.05, 0) is 121 Å². The molecule has 6 aliphatic rings. The van der Waals surface area contributed by atoms with Gasteiger partial charge in [0.05, 0.1) is 0 Å². The number of rotatable bonds is 6. The molecule has 0 saturated carbocycles. The summed E-state index contributed by atoms with van der Waals surface area (Å²) in [5.74, 6) is 5.44. The quantitative estimate of drug-likeness (QED) is 0.145. The van der Waals surface area contributed by atoms with Gasteiger partial charge in [-0.15, -0.1) is 0 Å². The highest BCUT2D eigenvalue weighted by molar-refractivity contribution is 6.61. The molecule has 2 saturated heterocycles. The number of likely N-dealkylation sites (tertiary alicyclic amines) is 1. The summed E-state index contributed by atoms with van der Waals surface area (Å²) in [6.07, 6.45) is -30.6. The second-order valence-electron chi connectivity index (χ2n) is 16.6. The van der Waals surface area contributed by atoms with E-state index in [4.69, 9.17) is 37.9 Å². The Hall–Kier alpha value is -7.09. The number of ether oxygens (including phenoxy) is 10. The van der Waals surface area contributed by atoms with Gasteiger partial charge < -0.3 is 57.6 Å². The molecule has 4 aromatic carbocycles. The van der Waals surface area contributed by atoms with Gasteiger partial charge in [-0.3, -0.25) is 0 Å². The lowest BCUT2D eigenvalue weighted by molar-refractivity contribution is -0.308. The standard InChI is InChI=1S/C24H19F6NO6.C20H19NO4.C4HClF6O2.CH4/c25-23(26,27)21(24(28,29)30)37-22(32)31-7-5-13(6-8-31)20(14-1-3-16-18(9-14)35-11-33-16)15-2-4-17-19(10-15)36-12-34-17;1-3-16-18(24-11-22-16)9-14(1)20(13-5-7-21-8-6-13)15-2-4-17-19(10-15)25-12-23-17;5-2(12)13-1(3(6,7)8)4(9,10)11;/h1-4,9-10,21H,5-8,11-12H2;1-4,9-10,21H,5-8,11-12H2;1H;1H4. The lowest BCUT2D eigenvalue weighted by atomic mass is 9.88. The second kappa shape index (κ2) is 23.0. The SMILES string of the molecule is C.O=C(Cl)OC(C(F)(F)F)C(F)(F)F.O=C(OC(C(F)(F)F)C(F)(F)F)N1CCC(=C(c2ccc3c(c2)OCO3)c2ccc3c(c2)OCO3)CC1.c1cc2c(cc1C(=C1CCNCC1)c1ccc3c(c1)OCO3)OCO2. The maximum atomic E-state index is 12.8. The van der Waals surface area contributed by atoms with Crippen LogP contribution >= 0.6 is 11.6 Å². The Kier molecular flexibility index (Phi) is 17.2. The van der Waals surface area contributed by atoms with E-state index in [1.807, 2.05) is 24.3 Å². The van der Waals surface area contributed by atoms with Crippen LogP contribution in [0.3, 0.4) is 0 Å². The maximum absolute atomic E-state index is 12.8. The van der Waals surface area contributed by atoms with Crippen molar-refractivity contribution in [3.05, 3.63) is 106 Å². The van der Waals surface area contributed by atoms with E-state index in [1.54, 1.807) is 24.3 Å². The van der Waals surface area contributed by atoms with E-state index in [-0.39, 0.29) is 46.9 Å². The van der Waals surface area contributed by atoms with Gasteiger partial charge >= 0.3 is 36.2 Å². The zero-order valence-electron chi connectivity index (χ0n) is 38.3. The van der Waals surface area contributed by atoms with Gasteiger partial charge in [0.25, 0.3) is 12.2 Å². The molecule has 0 unspecified atom stereocenters. The molecule has 4 aromatic rings. The Morgan fingerprint density at radius 2 is 0.750 bits per heavy atom. The number of carbonyl (C=O) groups is 2. The van der Waals surface area contributed by atoms with E-state index in [0.717, 1.165) is 87.2 Å². The third kappa shape index (κ3) is 13.5. The molecule has 10 rings (SSSR count). The first kappa shape index (κ1) is 56.6. The molecule has 0 spiro atoms. The number of hydrogen-bond donors (Lipinski definition) is 1. The number of hydrogen-bond acceptors (Lipinski definition) is 13. The van der Waals surface area contributed by atoms with E-state index in [0.29, 0.717) is 36.6 Å². The fraction of sp³-hybridized carbons (Fsp3) is 0.388. The summed E-state index contributed by atoms with van der Waals surface area (Å²) in [4.78, 5) is 22.7. The number of halogens is 13. The van der Waals surface area contributed by atoms with Crippen LogP contribution in [0.2, 0.25) is 0 Å². The maximum Gasteiger partial charge on any atom is 0.434 e. The van der Waals surface area contributed by atoms with E-state index < -0.39 is 48.4 Å². The Labute approximate surface area is 428 Å². The van der Waals surface area contributed by atoms with E-state index >= 15 is 0 Å². The minimum absolute atomic E-state index is 0. The van der Waals surface area contributed by atoms with Crippen LogP contribution < -0.4 is 43.2 Å². The summed E-state index contributed by atoms with van der Waals surface area (Å²) >= 11 is 4.22. The van der Waals surface area contributed by atoms with E-state index in [1.165, 1.54) is 11.1 Å². The molecule has 6 aliphatic heterocycles. The van der Waals surface area contributed by atoms with Crippen molar-refractivity contribution in [2.45, 2.75) is 70.0 Å². The molecule has 412 valence electrons. The average Bonchev–Trinajstić information content (AvgIpc) is 4.20. The van der Waals surface area contributed by atoms with Crippen molar-refractivity contribution in [1.82, 2.24) is 10.2 Å². The Balaban J connectivity index is 0.000000186. The summed E-state index contributed by atoms with van der Waals surface area (Å²) in [5.41, 5.74) is 5.97. The first-order valence-electron chi connectivity index (χ1n) is 22.3. The largest absolute Gasteiger partial charge is 0.454 e. The average molecular weight is 1120 g/mol. The predicted molar refractivity (Wildman–Crippen MR) is 243 cm³/mol. The van der Waals surface area contributed by atoms with E-state index in [2.05, 4.69) is 50.7 Å². The van der Waals surface area contributed by atoms with Gasteiger partial charge in [0.2, 0.25) is 27.2 Å². The Morgan fingerprint density at radius 3 is 1.04 bits per heavy atom. The van der Waals surface area contributed by atoms with Crippen LogP contribution in [-0.4, -0.2) is 107 Å². The first-order chi connectivity index (χ1) is 35.4. The van der Waals surface area contributed by atoms with Crippen LogP contribution in [-0.2, 0) is 9.47 Å². The summed E-state index contributed by atoms with van der Waals surface area (Å²) in [5, 5.41) is 3.43. The fourth-order valence-electron chi connectivity index (χ4n) is 8.45. The highest BCUT2D eigenvalue weighted by Gasteiger charge is 2.61. The number of fused-ring (bicyclic) bond motifs is 4. The van der Waals surface area contributed by atoms with Crippen LogP contribution in [0.15, 0.2) is 83.9 Å². The van der Waals surface area contributed by atoms with Crippen molar-refractivity contribution in [1.29, 1.82) is 0 Å². The van der Waals surface area contributed by atoms with Crippen LogP contribution in [0.5, 0.6) is 46.0 Å². The molecule has 6 heterocycles. The van der Waals surface area contributed by atoms with Crippen molar-refractivity contribution in [3.63, 3.8) is 0 Å². The molecule has 0 atom stereocenters. The molecule has 0 bridgehead atoms. The van der Waals surface area contributed by atoms with Crippen LogP contribution in [0.25, 0.3) is 11.1 Å². The zero-order valence-corrected chi connectivity index (χ0v) is 39.1. The van der Waals surface area contributed by atoms with Crippen molar-refractivity contribution >= 4 is 34.3 Å². The smallest absolute Gasteiger partial charge is 0.434 e. The molecular weight excluding hydrogens is 1070 g/mol. The van der Waals surface area contributed by atoms with E-state index in [9.17, 15) is 62.3 Å². The number of piperidine rings is 2. The second-order valence-corrected chi connectivity index (χ2v) is 16.9. The fourth-order valence-corrected chi connectivity index (χ4v) is 8.54. The normalized spacial score (nSPS) is 16.3. The Morgan fingerprint density at radius 1 is 0.461 bits per heavy atom. The highest BCUT2D eigenvalue weighted by Crippen LogP contribution is 2.45. The van der Waals surface area contributed by atoms with Crippen molar-refractivity contribution in [2.75, 3.05) is 53.4 Å². The molecule has 76 heavy (non-hydrogen) atoms. The van der Waals surface area contributed by atoms with Gasteiger partial charge in [0, 0.05) is 24.7 Å². The van der Waals surface area contributed by atoms with Crippen LogP contribution in [0.4, 0.5) is 62.3 Å². The van der Waals surface area contributed by atoms with Crippen LogP contribution in [0, 0.1) is 0 Å². The summed E-state index contributed by atoms with van der Waals surface area (Å²) < 4.78 is 197. The zero-order chi connectivity index (χ0) is 53.9. The van der Waals surface area contributed by atoms with Gasteiger partial charge in [-0.2, -0.15) is 52.7 Å². The van der Waals surface area contributed by atoms with Crippen molar-refractivity contribution in [2.24, 2.45) is 0 Å². The number of nitrogens with zero attached hydrogens (tertiary/aromatic N) is 1. The lowest BCUT2D eigenvalue weighted by Gasteiger charge is -2.31. The summed E-state index contributed by atoms with van der Waals surface area (Å²) in [7, 11) is 0. The molecule has 27 heteroatoms. The van der Waals surface area contributed by atoms with Crippen molar-refractivity contribution in [3.8, 4) is 46.0 Å². The number of benzene rings is 4. The number of nitrogens with one attached hydrogen (secondary N) is 1. The van der Waals surface area contributed by atoms with Gasteiger partial charge in [-0.25, -0.2) is 9.59 Å². The monoisotopic (exact) mass is 1110 g/mol. The molecule has 14 nitrogen and oxygen atoms in total. The third-order valence-corrected chi connectivity index (χ3v) is 11.9. The molecule has 0 aromatic heterocycles. The topological polar surface area (TPSA) is 142 Å². The number of alkyl halides is 12. The summed E-state index contributed by atoms with van der Waals surface area (Å²) in [6, 6.07) is 23.1. The molecule has 1 N–H and O–H groups in total.